The van der Waals surface area contributed by atoms with Crippen LogP contribution in [0.15, 0.2) is 53.6 Å². The van der Waals surface area contributed by atoms with Gasteiger partial charge in [0.2, 0.25) is 5.91 Å². The fourth-order valence-corrected chi connectivity index (χ4v) is 4.35. The van der Waals surface area contributed by atoms with E-state index >= 15 is 0 Å². The molecule has 0 atom stereocenters. The standard InChI is InChI=1S/C34H50N2O4/c1-3-5-7-8-9-10-11-12-13-14-15-16-17-18-33(37)36-35-28-29-19-23-32(24-20-29)40-34(38)30-21-25-31(26-22-30)39-27-6-4-2/h19-26,28H,3-18,27H2,1-2H3,(H,36,37)/b35-28+. The van der Waals surface area contributed by atoms with E-state index < -0.39 is 5.97 Å². The average molecular weight is 551 g/mol. The van der Waals surface area contributed by atoms with Gasteiger partial charge in [0.05, 0.1) is 18.4 Å². The molecule has 1 amide bonds. The van der Waals surface area contributed by atoms with Gasteiger partial charge in [0.1, 0.15) is 11.5 Å². The highest BCUT2D eigenvalue weighted by Gasteiger charge is 2.09. The van der Waals surface area contributed by atoms with Crippen LogP contribution in [-0.4, -0.2) is 24.7 Å². The summed E-state index contributed by atoms with van der Waals surface area (Å²) in [4.78, 5) is 24.5. The zero-order valence-corrected chi connectivity index (χ0v) is 24.8. The van der Waals surface area contributed by atoms with Crippen LogP contribution in [0.4, 0.5) is 0 Å². The van der Waals surface area contributed by atoms with Crippen LogP contribution in [0.2, 0.25) is 0 Å². The Morgan fingerprint density at radius 3 is 1.77 bits per heavy atom. The minimum Gasteiger partial charge on any atom is -0.494 e. The van der Waals surface area contributed by atoms with E-state index in [1.165, 1.54) is 70.6 Å². The first kappa shape index (κ1) is 33.1. The van der Waals surface area contributed by atoms with Crippen molar-refractivity contribution in [1.29, 1.82) is 0 Å². The number of hydrogen-bond donors (Lipinski definition) is 1. The van der Waals surface area contributed by atoms with Crippen molar-refractivity contribution in [3.8, 4) is 11.5 Å². The summed E-state index contributed by atoms with van der Waals surface area (Å²) in [6.45, 7) is 5.04. The number of nitrogens with zero attached hydrogens (tertiary/aromatic N) is 1. The molecular formula is C34H50N2O4. The van der Waals surface area contributed by atoms with E-state index in [0.29, 0.717) is 24.3 Å². The van der Waals surface area contributed by atoms with Crippen molar-refractivity contribution in [1.82, 2.24) is 5.43 Å². The van der Waals surface area contributed by atoms with Crippen LogP contribution in [0.3, 0.4) is 0 Å². The maximum Gasteiger partial charge on any atom is 0.343 e. The Labute approximate surface area is 241 Å². The van der Waals surface area contributed by atoms with Gasteiger partial charge in [-0.05, 0) is 66.9 Å². The van der Waals surface area contributed by atoms with Crippen molar-refractivity contribution in [2.75, 3.05) is 6.61 Å². The third-order valence-corrected chi connectivity index (χ3v) is 6.86. The maximum absolute atomic E-state index is 12.4. The van der Waals surface area contributed by atoms with Gasteiger partial charge >= 0.3 is 5.97 Å². The summed E-state index contributed by atoms with van der Waals surface area (Å²) < 4.78 is 11.1. The molecule has 2 aromatic rings. The van der Waals surface area contributed by atoms with Gasteiger partial charge in [0, 0.05) is 6.42 Å². The van der Waals surface area contributed by atoms with E-state index in [4.69, 9.17) is 9.47 Å². The highest BCUT2D eigenvalue weighted by Crippen LogP contribution is 2.17. The number of unbranched alkanes of at least 4 members (excludes halogenated alkanes) is 13. The summed E-state index contributed by atoms with van der Waals surface area (Å²) in [6, 6.07) is 13.9. The Balaban J connectivity index is 1.54. The normalized spacial score (nSPS) is 11.1. The van der Waals surface area contributed by atoms with Gasteiger partial charge in [-0.1, -0.05) is 97.3 Å². The molecule has 0 radical (unpaired) electrons. The average Bonchev–Trinajstić information content (AvgIpc) is 2.97. The number of hydrogen-bond acceptors (Lipinski definition) is 5. The van der Waals surface area contributed by atoms with Crippen LogP contribution in [-0.2, 0) is 4.79 Å². The minimum absolute atomic E-state index is 0.0633. The molecule has 1 N–H and O–H groups in total. The Morgan fingerprint density at radius 2 is 1.20 bits per heavy atom. The summed E-state index contributed by atoms with van der Waals surface area (Å²) in [5.74, 6) is 0.690. The summed E-state index contributed by atoms with van der Waals surface area (Å²) in [5, 5.41) is 4.05. The number of rotatable bonds is 22. The molecule has 2 aromatic carbocycles. The molecule has 0 unspecified atom stereocenters. The lowest BCUT2D eigenvalue weighted by molar-refractivity contribution is -0.121. The predicted molar refractivity (Wildman–Crippen MR) is 164 cm³/mol. The third kappa shape index (κ3) is 15.4. The number of carbonyl (C=O) groups excluding carboxylic acids is 2. The molecule has 0 heterocycles. The molecule has 6 nitrogen and oxygen atoms in total. The zero-order chi connectivity index (χ0) is 28.7. The number of carbonyl (C=O) groups is 2. The lowest BCUT2D eigenvalue weighted by Gasteiger charge is -2.07. The topological polar surface area (TPSA) is 77.0 Å². The van der Waals surface area contributed by atoms with Crippen molar-refractivity contribution >= 4 is 18.1 Å². The van der Waals surface area contributed by atoms with Crippen LogP contribution in [0, 0.1) is 0 Å². The summed E-state index contributed by atoms with van der Waals surface area (Å²) in [5.41, 5.74) is 3.86. The minimum atomic E-state index is -0.429. The maximum atomic E-state index is 12.4. The summed E-state index contributed by atoms with van der Waals surface area (Å²) in [6.07, 6.45) is 20.9. The molecule has 2 rings (SSSR count). The van der Waals surface area contributed by atoms with Gasteiger partial charge in [-0.15, -0.1) is 0 Å². The second-order valence-electron chi connectivity index (χ2n) is 10.5. The van der Waals surface area contributed by atoms with Gasteiger partial charge < -0.3 is 9.47 Å². The lowest BCUT2D eigenvalue weighted by Crippen LogP contribution is -2.16. The van der Waals surface area contributed by atoms with E-state index in [1.54, 1.807) is 54.7 Å². The molecule has 0 aromatic heterocycles. The molecule has 0 fully saturated rings. The number of esters is 1. The van der Waals surface area contributed by atoms with Gasteiger partial charge in [0.15, 0.2) is 0 Å². The van der Waals surface area contributed by atoms with Gasteiger partial charge in [-0.3, -0.25) is 4.79 Å². The van der Waals surface area contributed by atoms with Crippen molar-refractivity contribution in [3.63, 3.8) is 0 Å². The molecular weight excluding hydrogens is 500 g/mol. The van der Waals surface area contributed by atoms with Gasteiger partial charge in [-0.2, -0.15) is 5.10 Å². The first-order valence-corrected chi connectivity index (χ1v) is 15.5. The van der Waals surface area contributed by atoms with E-state index in [2.05, 4.69) is 24.4 Å². The summed E-state index contributed by atoms with van der Waals surface area (Å²) in [7, 11) is 0. The van der Waals surface area contributed by atoms with Crippen LogP contribution in [0.5, 0.6) is 11.5 Å². The van der Waals surface area contributed by atoms with E-state index in [1.807, 2.05) is 0 Å². The van der Waals surface area contributed by atoms with Crippen LogP contribution in [0.25, 0.3) is 0 Å². The quantitative estimate of drug-likeness (QED) is 0.0522. The Bertz CT molecular complexity index is 970. The van der Waals surface area contributed by atoms with E-state index in [9.17, 15) is 9.59 Å². The number of hydrazone groups is 1. The second-order valence-corrected chi connectivity index (χ2v) is 10.5. The SMILES string of the molecule is CCCCCCCCCCCCCCCC(=O)N/N=C/c1ccc(OC(=O)c2ccc(OCCCC)cc2)cc1. The van der Waals surface area contributed by atoms with Crippen LogP contribution < -0.4 is 14.9 Å². The van der Waals surface area contributed by atoms with Crippen LogP contribution >= 0.6 is 0 Å². The summed E-state index contributed by atoms with van der Waals surface area (Å²) >= 11 is 0. The second kappa shape index (κ2) is 21.6. The fourth-order valence-electron chi connectivity index (χ4n) is 4.35. The highest BCUT2D eigenvalue weighted by molar-refractivity contribution is 5.91. The largest absolute Gasteiger partial charge is 0.494 e. The molecule has 0 saturated heterocycles. The first-order chi connectivity index (χ1) is 19.6. The number of benzene rings is 2. The first-order valence-electron chi connectivity index (χ1n) is 15.5. The Kier molecular flexibility index (Phi) is 17.9. The smallest absolute Gasteiger partial charge is 0.343 e. The molecule has 0 aliphatic heterocycles. The number of ether oxygens (including phenoxy) is 2. The highest BCUT2D eigenvalue weighted by atomic mass is 16.5. The molecule has 0 bridgehead atoms. The molecule has 0 aliphatic carbocycles. The van der Waals surface area contributed by atoms with Crippen molar-refractivity contribution < 1.29 is 19.1 Å². The predicted octanol–water partition coefficient (Wildman–Crippen LogP) is 9.02. The monoisotopic (exact) mass is 550 g/mol. The third-order valence-electron chi connectivity index (χ3n) is 6.86. The lowest BCUT2D eigenvalue weighted by atomic mass is 10.0. The molecule has 0 saturated carbocycles. The van der Waals surface area contributed by atoms with Gasteiger partial charge in [0.25, 0.3) is 0 Å². The Hall–Kier alpha value is -3.15. The molecule has 40 heavy (non-hydrogen) atoms. The molecule has 0 aliphatic rings. The van der Waals surface area contributed by atoms with Crippen molar-refractivity contribution in [2.45, 2.75) is 117 Å². The zero-order valence-electron chi connectivity index (χ0n) is 24.8. The Morgan fingerprint density at radius 1 is 0.675 bits per heavy atom. The number of amides is 1. The van der Waals surface area contributed by atoms with Crippen molar-refractivity contribution in [2.24, 2.45) is 5.10 Å². The van der Waals surface area contributed by atoms with E-state index in [-0.39, 0.29) is 5.91 Å². The molecule has 220 valence electrons. The van der Waals surface area contributed by atoms with Gasteiger partial charge in [-0.25, -0.2) is 10.2 Å². The van der Waals surface area contributed by atoms with E-state index in [0.717, 1.165) is 37.0 Å². The fraction of sp³-hybridized carbons (Fsp3) is 0.559. The number of nitrogens with one attached hydrogen (secondary N) is 1. The molecule has 0 spiro atoms. The van der Waals surface area contributed by atoms with Crippen LogP contribution in [0.1, 0.15) is 133 Å². The molecule has 6 heteroatoms. The van der Waals surface area contributed by atoms with Crippen molar-refractivity contribution in [3.05, 3.63) is 59.7 Å².